The minimum atomic E-state index is -3.90. The van der Waals surface area contributed by atoms with E-state index < -0.39 is 10.0 Å². The number of carbonyl (C=O) groups excluding carboxylic acids is 1. The quantitative estimate of drug-likeness (QED) is 0.630. The Kier molecular flexibility index (Phi) is 7.26. The summed E-state index contributed by atoms with van der Waals surface area (Å²) < 4.78 is 34.6. The van der Waals surface area contributed by atoms with Gasteiger partial charge in [-0.1, -0.05) is 45.2 Å². The van der Waals surface area contributed by atoms with E-state index in [-0.39, 0.29) is 28.4 Å². The van der Waals surface area contributed by atoms with Crippen molar-refractivity contribution in [2.45, 2.75) is 69.7 Å². The van der Waals surface area contributed by atoms with Gasteiger partial charge in [0.1, 0.15) is 5.75 Å². The molecule has 0 saturated heterocycles. The molecule has 2 aromatic rings. The highest BCUT2D eigenvalue weighted by atomic mass is 32.2. The van der Waals surface area contributed by atoms with Crippen LogP contribution < -0.4 is 14.8 Å². The third-order valence-corrected chi connectivity index (χ3v) is 7.30. The molecule has 1 aliphatic rings. The van der Waals surface area contributed by atoms with E-state index in [0.717, 1.165) is 31.2 Å². The van der Waals surface area contributed by atoms with Crippen LogP contribution >= 0.6 is 0 Å². The lowest BCUT2D eigenvalue weighted by Gasteiger charge is -2.23. The van der Waals surface area contributed by atoms with E-state index in [2.05, 4.69) is 10.0 Å². The average Bonchev–Trinajstić information content (AvgIpc) is 2.73. The highest BCUT2D eigenvalue weighted by Crippen LogP contribution is 2.32. The Labute approximate surface area is 185 Å². The van der Waals surface area contributed by atoms with Crippen molar-refractivity contribution >= 4 is 21.6 Å². The van der Waals surface area contributed by atoms with Gasteiger partial charge in [-0.3, -0.25) is 9.52 Å². The van der Waals surface area contributed by atoms with Crippen LogP contribution in [-0.2, 0) is 10.0 Å². The minimum Gasteiger partial charge on any atom is -0.496 e. The molecule has 0 bridgehead atoms. The number of nitrogens with one attached hydrogen (secondary N) is 2. The number of sulfonamides is 1. The monoisotopic (exact) mass is 444 g/mol. The summed E-state index contributed by atoms with van der Waals surface area (Å²) in [6, 6.07) is 10.3. The van der Waals surface area contributed by atoms with Gasteiger partial charge in [0.2, 0.25) is 0 Å². The van der Waals surface area contributed by atoms with Crippen LogP contribution in [0.25, 0.3) is 0 Å². The standard InChI is InChI=1S/C24H32N2O4S/c1-16(2)20-15-23(17(3)14-22(20)30-4)31(28,29)26-21-13-9-8-12-19(21)24(27)25-18-10-6-5-7-11-18/h8-9,12-16,18,26H,5-7,10-11H2,1-4H3,(H,25,27). The van der Waals surface area contributed by atoms with Crippen LogP contribution in [0.4, 0.5) is 5.69 Å². The molecule has 0 spiro atoms. The molecular weight excluding hydrogens is 412 g/mol. The summed E-state index contributed by atoms with van der Waals surface area (Å²) in [7, 11) is -2.32. The van der Waals surface area contributed by atoms with Crippen molar-refractivity contribution in [2.24, 2.45) is 0 Å². The third-order valence-electron chi connectivity index (χ3n) is 5.80. The molecule has 0 heterocycles. The maximum absolute atomic E-state index is 13.3. The van der Waals surface area contributed by atoms with Gasteiger partial charge in [0.05, 0.1) is 23.3 Å². The van der Waals surface area contributed by atoms with E-state index >= 15 is 0 Å². The number of anilines is 1. The molecule has 0 aromatic heterocycles. The second-order valence-corrected chi connectivity index (χ2v) is 10.1. The first-order valence-electron chi connectivity index (χ1n) is 10.8. The molecule has 6 nitrogen and oxygen atoms in total. The fourth-order valence-electron chi connectivity index (χ4n) is 4.07. The average molecular weight is 445 g/mol. The Morgan fingerprint density at radius 1 is 1.10 bits per heavy atom. The number of methoxy groups -OCH3 is 1. The van der Waals surface area contributed by atoms with Gasteiger partial charge >= 0.3 is 0 Å². The maximum atomic E-state index is 13.3. The summed E-state index contributed by atoms with van der Waals surface area (Å²) >= 11 is 0. The molecule has 1 saturated carbocycles. The highest BCUT2D eigenvalue weighted by Gasteiger charge is 2.24. The minimum absolute atomic E-state index is 0.0954. The predicted octanol–water partition coefficient (Wildman–Crippen LogP) is 4.99. The topological polar surface area (TPSA) is 84.5 Å². The number of benzene rings is 2. The van der Waals surface area contributed by atoms with E-state index in [1.54, 1.807) is 50.4 Å². The van der Waals surface area contributed by atoms with Crippen LogP contribution in [-0.4, -0.2) is 27.5 Å². The van der Waals surface area contributed by atoms with Crippen LogP contribution in [0.3, 0.4) is 0 Å². The van der Waals surface area contributed by atoms with Gasteiger partial charge in [-0.2, -0.15) is 0 Å². The first kappa shape index (κ1) is 23.1. The van der Waals surface area contributed by atoms with E-state index in [9.17, 15) is 13.2 Å². The number of para-hydroxylation sites is 1. The van der Waals surface area contributed by atoms with Gasteiger partial charge in [-0.15, -0.1) is 0 Å². The summed E-state index contributed by atoms with van der Waals surface area (Å²) in [4.78, 5) is 13.1. The van der Waals surface area contributed by atoms with Crippen molar-refractivity contribution in [3.63, 3.8) is 0 Å². The number of hydrogen-bond donors (Lipinski definition) is 2. The summed E-state index contributed by atoms with van der Waals surface area (Å²) in [5.74, 6) is 0.510. The fourth-order valence-corrected chi connectivity index (χ4v) is 5.42. The lowest BCUT2D eigenvalue weighted by molar-refractivity contribution is 0.0928. The van der Waals surface area contributed by atoms with Gasteiger partial charge in [0.15, 0.2) is 0 Å². The van der Waals surface area contributed by atoms with Crippen molar-refractivity contribution in [2.75, 3.05) is 11.8 Å². The second kappa shape index (κ2) is 9.73. The lowest BCUT2D eigenvalue weighted by Crippen LogP contribution is -2.36. The van der Waals surface area contributed by atoms with Crippen LogP contribution in [0, 0.1) is 6.92 Å². The molecule has 0 unspecified atom stereocenters. The Morgan fingerprint density at radius 3 is 2.42 bits per heavy atom. The first-order valence-corrected chi connectivity index (χ1v) is 12.3. The summed E-state index contributed by atoms with van der Waals surface area (Å²) in [5, 5.41) is 3.06. The number of rotatable bonds is 7. The first-order chi connectivity index (χ1) is 14.7. The normalized spacial score (nSPS) is 15.0. The number of carbonyl (C=O) groups is 1. The van der Waals surface area contributed by atoms with Crippen LogP contribution in [0.2, 0.25) is 0 Å². The Morgan fingerprint density at radius 2 is 1.77 bits per heavy atom. The predicted molar refractivity (Wildman–Crippen MR) is 123 cm³/mol. The van der Waals surface area contributed by atoms with E-state index in [1.165, 1.54) is 6.42 Å². The third kappa shape index (κ3) is 5.39. The van der Waals surface area contributed by atoms with Crippen LogP contribution in [0.1, 0.15) is 73.4 Å². The number of amides is 1. The zero-order chi connectivity index (χ0) is 22.6. The van der Waals surface area contributed by atoms with Crippen LogP contribution in [0.5, 0.6) is 5.75 Å². The van der Waals surface area contributed by atoms with E-state index in [1.807, 2.05) is 13.8 Å². The number of aryl methyl sites for hydroxylation is 1. The van der Waals surface area contributed by atoms with Gasteiger partial charge < -0.3 is 10.1 Å². The van der Waals surface area contributed by atoms with Crippen molar-refractivity contribution in [3.8, 4) is 5.75 Å². The summed E-state index contributed by atoms with van der Waals surface area (Å²) in [5.41, 5.74) is 2.00. The molecular formula is C24H32N2O4S. The Hall–Kier alpha value is -2.54. The molecule has 1 aliphatic carbocycles. The molecule has 0 radical (unpaired) electrons. The van der Waals surface area contributed by atoms with E-state index in [0.29, 0.717) is 16.9 Å². The maximum Gasteiger partial charge on any atom is 0.262 e. The molecule has 168 valence electrons. The molecule has 3 rings (SSSR count). The van der Waals surface area contributed by atoms with Gasteiger partial charge in [0.25, 0.3) is 15.9 Å². The molecule has 31 heavy (non-hydrogen) atoms. The smallest absolute Gasteiger partial charge is 0.262 e. The van der Waals surface area contributed by atoms with Gasteiger partial charge in [-0.25, -0.2) is 8.42 Å². The molecule has 7 heteroatoms. The molecule has 0 aliphatic heterocycles. The van der Waals surface area contributed by atoms with E-state index in [4.69, 9.17) is 4.74 Å². The highest BCUT2D eigenvalue weighted by molar-refractivity contribution is 7.92. The largest absolute Gasteiger partial charge is 0.496 e. The molecule has 1 fully saturated rings. The number of hydrogen-bond acceptors (Lipinski definition) is 4. The number of ether oxygens (including phenoxy) is 1. The SMILES string of the molecule is COc1cc(C)c(S(=O)(=O)Nc2ccccc2C(=O)NC2CCCCC2)cc1C(C)C. The van der Waals surface area contributed by atoms with Crippen molar-refractivity contribution in [1.82, 2.24) is 5.32 Å². The van der Waals surface area contributed by atoms with Gasteiger partial charge in [0, 0.05) is 6.04 Å². The molecule has 0 atom stereocenters. The van der Waals surface area contributed by atoms with Crippen LogP contribution in [0.15, 0.2) is 41.3 Å². The Balaban J connectivity index is 1.90. The van der Waals surface area contributed by atoms with Gasteiger partial charge in [-0.05, 0) is 61.1 Å². The molecule has 2 N–H and O–H groups in total. The molecule has 2 aromatic carbocycles. The lowest BCUT2D eigenvalue weighted by atomic mass is 9.95. The molecule has 1 amide bonds. The van der Waals surface area contributed by atoms with Crippen molar-refractivity contribution in [3.05, 3.63) is 53.1 Å². The summed E-state index contributed by atoms with van der Waals surface area (Å²) in [6.07, 6.45) is 5.33. The fraction of sp³-hybridized carbons (Fsp3) is 0.458. The second-order valence-electron chi connectivity index (χ2n) is 8.47. The zero-order valence-electron chi connectivity index (χ0n) is 18.7. The van der Waals surface area contributed by atoms with Crippen molar-refractivity contribution < 1.29 is 17.9 Å². The summed E-state index contributed by atoms with van der Waals surface area (Å²) in [6.45, 7) is 5.71. The van der Waals surface area contributed by atoms with Crippen molar-refractivity contribution in [1.29, 1.82) is 0 Å². The zero-order valence-corrected chi connectivity index (χ0v) is 19.5. The Bertz CT molecular complexity index is 1040.